The van der Waals surface area contributed by atoms with Crippen LogP contribution in [0.3, 0.4) is 0 Å². The Hall–Kier alpha value is -0.0900. The molecule has 7 heteroatoms. The maximum absolute atomic E-state index is 11.2. The summed E-state index contributed by atoms with van der Waals surface area (Å²) in [5.41, 5.74) is 0.917. The van der Waals surface area contributed by atoms with E-state index in [0.717, 1.165) is 0 Å². The van der Waals surface area contributed by atoms with E-state index in [4.69, 9.17) is 15.9 Å². The number of hydrogen-bond acceptors (Lipinski definition) is 3. The van der Waals surface area contributed by atoms with Gasteiger partial charge in [-0.2, -0.15) is 5.26 Å². The molecule has 0 aliphatic heterocycles. The lowest BCUT2D eigenvalue weighted by Crippen LogP contribution is -1.96. The highest BCUT2D eigenvalue weighted by atomic mass is 79.9. The summed E-state index contributed by atoms with van der Waals surface area (Å²) in [5.74, 6) is 0. The molecule has 0 saturated heterocycles. The van der Waals surface area contributed by atoms with Crippen molar-refractivity contribution in [2.24, 2.45) is 0 Å². The first kappa shape index (κ1) is 13.0. The molecule has 0 aliphatic carbocycles. The molecule has 0 atom stereocenters. The highest BCUT2D eigenvalue weighted by Gasteiger charge is 2.18. The van der Waals surface area contributed by atoms with Gasteiger partial charge in [0.1, 0.15) is 0 Å². The minimum Gasteiger partial charge on any atom is -0.207 e. The normalized spacial score (nSPS) is 11.1. The average Bonchev–Trinajstić information content (AvgIpc) is 2.16. The Morgan fingerprint density at radius 1 is 1.47 bits per heavy atom. The van der Waals surface area contributed by atoms with E-state index in [1.807, 2.05) is 6.07 Å². The van der Waals surface area contributed by atoms with Crippen molar-refractivity contribution >= 4 is 51.6 Å². The van der Waals surface area contributed by atoms with Crippen LogP contribution < -0.4 is 0 Å². The van der Waals surface area contributed by atoms with Crippen LogP contribution in [0.15, 0.2) is 21.5 Å². The summed E-state index contributed by atoms with van der Waals surface area (Å²) in [7, 11) is 1.39. The summed E-state index contributed by atoms with van der Waals surface area (Å²) in [6, 6.07) is 4.70. The first-order chi connectivity index (χ1) is 6.90. The van der Waals surface area contributed by atoms with Crippen LogP contribution in [0, 0.1) is 11.3 Å². The van der Waals surface area contributed by atoms with Crippen LogP contribution in [0.5, 0.6) is 0 Å². The Kier molecular flexibility index (Phi) is 4.18. The van der Waals surface area contributed by atoms with Crippen LogP contribution in [0.2, 0.25) is 0 Å². The molecule has 1 aromatic carbocycles. The third-order valence-electron chi connectivity index (χ3n) is 1.65. The van der Waals surface area contributed by atoms with Crippen LogP contribution >= 0.6 is 42.5 Å². The van der Waals surface area contributed by atoms with E-state index in [-0.39, 0.29) is 10.5 Å². The Balaban J connectivity index is 3.60. The van der Waals surface area contributed by atoms with Gasteiger partial charge < -0.3 is 0 Å². The molecular formula is C8H4Br2ClNO2S. The molecule has 1 aromatic rings. The summed E-state index contributed by atoms with van der Waals surface area (Å²) in [5, 5.41) is 9.15. The molecule has 0 aromatic heterocycles. The Morgan fingerprint density at radius 2 is 2.07 bits per heavy atom. The third-order valence-corrected chi connectivity index (χ3v) is 4.80. The number of alkyl halides is 1. The van der Waals surface area contributed by atoms with Crippen molar-refractivity contribution in [2.45, 2.75) is 10.2 Å². The zero-order valence-electron chi connectivity index (χ0n) is 7.17. The van der Waals surface area contributed by atoms with Crippen LogP contribution in [0.4, 0.5) is 0 Å². The molecule has 80 valence electrons. The van der Waals surface area contributed by atoms with Gasteiger partial charge in [0.05, 0.1) is 16.5 Å². The number of nitrogens with zero attached hydrogens (tertiary/aromatic N) is 1. The molecule has 0 N–H and O–H groups in total. The molecule has 15 heavy (non-hydrogen) atoms. The molecule has 0 heterocycles. The Morgan fingerprint density at radius 3 is 2.47 bits per heavy atom. The smallest absolute Gasteiger partial charge is 0.207 e. The number of halogens is 3. The van der Waals surface area contributed by atoms with E-state index >= 15 is 0 Å². The van der Waals surface area contributed by atoms with Crippen molar-refractivity contribution in [3.63, 3.8) is 0 Å². The van der Waals surface area contributed by atoms with Gasteiger partial charge in [-0.3, -0.25) is 0 Å². The predicted octanol–water partition coefficient (Wildman–Crippen LogP) is 3.14. The third kappa shape index (κ3) is 2.94. The highest BCUT2D eigenvalue weighted by Crippen LogP contribution is 2.31. The number of nitriles is 1. The maximum Gasteiger partial charge on any atom is 0.262 e. The molecule has 0 unspecified atom stereocenters. The molecular weight excluding hydrogens is 369 g/mol. The minimum atomic E-state index is -3.85. The molecule has 0 spiro atoms. The van der Waals surface area contributed by atoms with Crippen molar-refractivity contribution in [2.75, 3.05) is 0 Å². The van der Waals surface area contributed by atoms with Gasteiger partial charge in [-0.05, 0) is 33.6 Å². The van der Waals surface area contributed by atoms with Crippen LogP contribution in [0.25, 0.3) is 0 Å². The Bertz CT molecular complexity index is 536. The highest BCUT2D eigenvalue weighted by molar-refractivity contribution is 9.10. The molecule has 1 rings (SSSR count). The maximum atomic E-state index is 11.2. The van der Waals surface area contributed by atoms with Gasteiger partial charge in [-0.1, -0.05) is 15.9 Å². The number of hydrogen-bond donors (Lipinski definition) is 0. The van der Waals surface area contributed by atoms with Gasteiger partial charge in [0.2, 0.25) is 0 Å². The molecule has 3 nitrogen and oxygen atoms in total. The zero-order valence-corrected chi connectivity index (χ0v) is 11.9. The lowest BCUT2D eigenvalue weighted by Gasteiger charge is -2.05. The topological polar surface area (TPSA) is 57.9 Å². The standard InChI is InChI=1S/C8H4Br2ClNO2S/c9-3-6-1-5(4-12)2-7(8(6)10)15(11,13)14/h1-2H,3H2. The first-order valence-electron chi connectivity index (χ1n) is 3.63. The largest absolute Gasteiger partial charge is 0.262 e. The van der Waals surface area contributed by atoms with Crippen molar-refractivity contribution in [3.05, 3.63) is 27.7 Å². The summed E-state index contributed by atoms with van der Waals surface area (Å²) in [4.78, 5) is -0.0855. The Labute approximate surface area is 109 Å². The van der Waals surface area contributed by atoms with E-state index in [1.165, 1.54) is 6.07 Å². The molecule has 0 aliphatic rings. The van der Waals surface area contributed by atoms with Gasteiger partial charge in [0, 0.05) is 20.5 Å². The summed E-state index contributed by atoms with van der Waals surface area (Å²) >= 11 is 6.33. The van der Waals surface area contributed by atoms with Gasteiger partial charge in [0.15, 0.2) is 0 Å². The average molecular weight is 373 g/mol. The second-order valence-corrected chi connectivity index (χ2v) is 6.52. The second kappa shape index (κ2) is 4.83. The van der Waals surface area contributed by atoms with E-state index in [2.05, 4.69) is 31.9 Å². The van der Waals surface area contributed by atoms with Crippen LogP contribution in [-0.2, 0) is 14.4 Å². The fourth-order valence-electron chi connectivity index (χ4n) is 0.995. The fraction of sp³-hybridized carbons (Fsp3) is 0.125. The lowest BCUT2D eigenvalue weighted by atomic mass is 10.1. The fourth-order valence-corrected chi connectivity index (χ4v) is 4.08. The van der Waals surface area contributed by atoms with E-state index in [0.29, 0.717) is 15.4 Å². The summed E-state index contributed by atoms with van der Waals surface area (Å²) < 4.78 is 22.8. The lowest BCUT2D eigenvalue weighted by molar-refractivity contribution is 0.609. The van der Waals surface area contributed by atoms with Crippen LogP contribution in [0.1, 0.15) is 11.1 Å². The van der Waals surface area contributed by atoms with Crippen LogP contribution in [-0.4, -0.2) is 8.42 Å². The molecule has 0 saturated carbocycles. The zero-order chi connectivity index (χ0) is 11.6. The van der Waals surface area contributed by atoms with Crippen molar-refractivity contribution in [1.82, 2.24) is 0 Å². The molecule has 0 radical (unpaired) electrons. The molecule has 0 bridgehead atoms. The van der Waals surface area contributed by atoms with Gasteiger partial charge >= 0.3 is 0 Å². The van der Waals surface area contributed by atoms with Gasteiger partial charge in [0.25, 0.3) is 9.05 Å². The van der Waals surface area contributed by atoms with Gasteiger partial charge in [-0.25, -0.2) is 8.42 Å². The first-order valence-corrected chi connectivity index (χ1v) is 7.85. The van der Waals surface area contributed by atoms with E-state index in [1.54, 1.807) is 6.07 Å². The quantitative estimate of drug-likeness (QED) is 0.591. The molecule has 0 amide bonds. The van der Waals surface area contributed by atoms with Crippen molar-refractivity contribution < 1.29 is 8.42 Å². The van der Waals surface area contributed by atoms with E-state index < -0.39 is 9.05 Å². The number of benzene rings is 1. The predicted molar refractivity (Wildman–Crippen MR) is 64.5 cm³/mol. The SMILES string of the molecule is N#Cc1cc(CBr)c(Br)c(S(=O)(=O)Cl)c1. The van der Waals surface area contributed by atoms with Gasteiger partial charge in [-0.15, -0.1) is 0 Å². The van der Waals surface area contributed by atoms with Crippen molar-refractivity contribution in [1.29, 1.82) is 5.26 Å². The monoisotopic (exact) mass is 371 g/mol. The molecule has 0 fully saturated rings. The minimum absolute atomic E-state index is 0.0855. The van der Waals surface area contributed by atoms with E-state index in [9.17, 15) is 8.42 Å². The second-order valence-electron chi connectivity index (χ2n) is 2.63. The summed E-state index contributed by atoms with van der Waals surface area (Å²) in [6.45, 7) is 0. The summed E-state index contributed by atoms with van der Waals surface area (Å²) in [6.07, 6.45) is 0. The van der Waals surface area contributed by atoms with Crippen molar-refractivity contribution in [3.8, 4) is 6.07 Å². The number of rotatable bonds is 2.